The zero-order valence-corrected chi connectivity index (χ0v) is 15.2. The average molecular weight is 363 g/mol. The summed E-state index contributed by atoms with van der Waals surface area (Å²) >= 11 is 0. The maximum Gasteiger partial charge on any atom is 0.223 e. The highest BCUT2D eigenvalue weighted by atomic mass is 35.5. The largest absolute Gasteiger partial charge is 0.333 e. The fraction of sp³-hybridized carbons (Fsp3) is 0.350. The van der Waals surface area contributed by atoms with Gasteiger partial charge >= 0.3 is 0 Å². The maximum absolute atomic E-state index is 13.5. The highest BCUT2D eigenvalue weighted by molar-refractivity contribution is 5.85. The number of benzene rings is 2. The van der Waals surface area contributed by atoms with Gasteiger partial charge in [0.05, 0.1) is 6.04 Å². The van der Waals surface area contributed by atoms with Gasteiger partial charge in [-0.3, -0.25) is 4.79 Å². The first-order valence-electron chi connectivity index (χ1n) is 8.45. The van der Waals surface area contributed by atoms with Gasteiger partial charge in [0.25, 0.3) is 0 Å². The number of carbonyl (C=O) groups excluding carboxylic acids is 1. The monoisotopic (exact) mass is 362 g/mol. The molecule has 1 amide bonds. The number of carbonyl (C=O) groups is 1. The Morgan fingerprint density at radius 3 is 2.80 bits per heavy atom. The van der Waals surface area contributed by atoms with E-state index in [1.807, 2.05) is 23.1 Å². The fourth-order valence-corrected chi connectivity index (χ4v) is 3.29. The van der Waals surface area contributed by atoms with Crippen LogP contribution in [0.3, 0.4) is 0 Å². The number of aryl methyl sites for hydroxylation is 2. The fourth-order valence-electron chi connectivity index (χ4n) is 3.29. The Balaban J connectivity index is 0.00000225. The van der Waals surface area contributed by atoms with Crippen molar-refractivity contribution in [3.05, 3.63) is 71.0 Å². The molecule has 134 valence electrons. The molecule has 0 radical (unpaired) electrons. The molecular weight excluding hydrogens is 339 g/mol. The Labute approximate surface area is 154 Å². The van der Waals surface area contributed by atoms with Crippen LogP contribution in [0, 0.1) is 12.7 Å². The molecule has 1 aliphatic rings. The molecule has 0 spiro atoms. The lowest BCUT2D eigenvalue weighted by molar-refractivity contribution is -0.134. The van der Waals surface area contributed by atoms with Crippen molar-refractivity contribution >= 4 is 18.3 Å². The van der Waals surface area contributed by atoms with Crippen molar-refractivity contribution in [1.29, 1.82) is 0 Å². The predicted octanol–water partition coefficient (Wildman–Crippen LogP) is 3.66. The van der Waals surface area contributed by atoms with Gasteiger partial charge in [0.1, 0.15) is 5.82 Å². The Bertz CT molecular complexity index is 722. The van der Waals surface area contributed by atoms with Crippen LogP contribution in [0.15, 0.2) is 48.5 Å². The predicted molar refractivity (Wildman–Crippen MR) is 100 cm³/mol. The number of hydrogen-bond donors (Lipinski definition) is 1. The third-order valence-corrected chi connectivity index (χ3v) is 4.67. The van der Waals surface area contributed by atoms with Gasteiger partial charge in [-0.2, -0.15) is 0 Å². The van der Waals surface area contributed by atoms with E-state index in [4.69, 9.17) is 0 Å². The van der Waals surface area contributed by atoms with Crippen molar-refractivity contribution in [2.75, 3.05) is 19.6 Å². The smallest absolute Gasteiger partial charge is 0.223 e. The molecule has 3 nitrogen and oxygen atoms in total. The van der Waals surface area contributed by atoms with Crippen molar-refractivity contribution in [3.8, 4) is 0 Å². The minimum Gasteiger partial charge on any atom is -0.333 e. The number of halogens is 2. The average Bonchev–Trinajstić information content (AvgIpc) is 2.61. The molecule has 1 heterocycles. The Kier molecular flexibility index (Phi) is 6.97. The topological polar surface area (TPSA) is 32.3 Å². The van der Waals surface area contributed by atoms with Crippen molar-refractivity contribution in [2.45, 2.75) is 25.8 Å². The van der Waals surface area contributed by atoms with E-state index < -0.39 is 0 Å². The summed E-state index contributed by atoms with van der Waals surface area (Å²) in [4.78, 5) is 14.6. The Hall–Kier alpha value is -1.91. The van der Waals surface area contributed by atoms with Crippen LogP contribution >= 0.6 is 12.4 Å². The molecule has 1 fully saturated rings. The first kappa shape index (κ1) is 19.4. The van der Waals surface area contributed by atoms with Crippen molar-refractivity contribution < 1.29 is 9.18 Å². The summed E-state index contributed by atoms with van der Waals surface area (Å²) in [6.07, 6.45) is 1.22. The SMILES string of the molecule is Cc1ccccc1CCC(=O)N1CCNCC1c1cccc(F)c1.Cl. The summed E-state index contributed by atoms with van der Waals surface area (Å²) in [7, 11) is 0. The number of rotatable bonds is 4. The van der Waals surface area contributed by atoms with Gasteiger partial charge in [-0.25, -0.2) is 4.39 Å². The second kappa shape index (κ2) is 8.97. The van der Waals surface area contributed by atoms with E-state index >= 15 is 0 Å². The van der Waals surface area contributed by atoms with E-state index in [-0.39, 0.29) is 30.2 Å². The molecule has 0 aliphatic carbocycles. The lowest BCUT2D eigenvalue weighted by Crippen LogP contribution is -2.48. The standard InChI is InChI=1S/C20H23FN2O.ClH/c1-15-5-2-3-6-16(15)9-10-20(24)23-12-11-22-14-19(23)17-7-4-8-18(21)13-17;/h2-8,13,19,22H,9-12,14H2,1H3;1H. The Morgan fingerprint density at radius 2 is 2.04 bits per heavy atom. The van der Waals surface area contributed by atoms with Crippen LogP contribution in [0.5, 0.6) is 0 Å². The van der Waals surface area contributed by atoms with Crippen molar-refractivity contribution in [1.82, 2.24) is 10.2 Å². The lowest BCUT2D eigenvalue weighted by Gasteiger charge is -2.36. The summed E-state index contributed by atoms with van der Waals surface area (Å²) in [5, 5.41) is 3.30. The molecule has 0 aromatic heterocycles. The zero-order valence-electron chi connectivity index (χ0n) is 14.4. The van der Waals surface area contributed by atoms with E-state index in [0.29, 0.717) is 19.5 Å². The molecule has 5 heteroatoms. The molecule has 0 bridgehead atoms. The molecule has 0 saturated carbocycles. The number of nitrogens with zero attached hydrogens (tertiary/aromatic N) is 1. The number of amides is 1. The van der Waals surface area contributed by atoms with Gasteiger partial charge < -0.3 is 10.2 Å². The molecule has 1 saturated heterocycles. The van der Waals surface area contributed by atoms with Crippen LogP contribution < -0.4 is 5.32 Å². The minimum absolute atomic E-state index is 0. The number of hydrogen-bond acceptors (Lipinski definition) is 2. The maximum atomic E-state index is 13.5. The van der Waals surface area contributed by atoms with Gasteiger partial charge in [0, 0.05) is 26.1 Å². The summed E-state index contributed by atoms with van der Waals surface area (Å²) in [5.74, 6) is -0.126. The van der Waals surface area contributed by atoms with Gasteiger partial charge in [-0.15, -0.1) is 12.4 Å². The molecule has 1 aliphatic heterocycles. The normalized spacial score (nSPS) is 17.0. The molecule has 25 heavy (non-hydrogen) atoms. The summed E-state index contributed by atoms with van der Waals surface area (Å²) < 4.78 is 13.5. The van der Waals surface area contributed by atoms with Gasteiger partial charge in [-0.1, -0.05) is 36.4 Å². The van der Waals surface area contributed by atoms with Crippen molar-refractivity contribution in [2.24, 2.45) is 0 Å². The number of piperazine rings is 1. The minimum atomic E-state index is -0.259. The molecule has 1 unspecified atom stereocenters. The van der Waals surface area contributed by atoms with Crippen molar-refractivity contribution in [3.63, 3.8) is 0 Å². The quantitative estimate of drug-likeness (QED) is 0.900. The van der Waals surface area contributed by atoms with Crippen LogP contribution in [-0.2, 0) is 11.2 Å². The van der Waals surface area contributed by atoms with E-state index in [0.717, 1.165) is 18.5 Å². The van der Waals surface area contributed by atoms with Crippen LogP contribution in [-0.4, -0.2) is 30.4 Å². The summed E-state index contributed by atoms with van der Waals surface area (Å²) in [6, 6.07) is 14.6. The molecule has 3 rings (SSSR count). The van der Waals surface area contributed by atoms with E-state index in [1.165, 1.54) is 23.3 Å². The van der Waals surface area contributed by atoms with Gasteiger partial charge in [0.2, 0.25) is 5.91 Å². The third kappa shape index (κ3) is 4.80. The van der Waals surface area contributed by atoms with Crippen LogP contribution in [0.1, 0.15) is 29.2 Å². The highest BCUT2D eigenvalue weighted by Gasteiger charge is 2.27. The van der Waals surface area contributed by atoms with Crippen LogP contribution in [0.25, 0.3) is 0 Å². The third-order valence-electron chi connectivity index (χ3n) is 4.67. The second-order valence-corrected chi connectivity index (χ2v) is 6.29. The molecule has 1 N–H and O–H groups in total. The van der Waals surface area contributed by atoms with Crippen LogP contribution in [0.4, 0.5) is 4.39 Å². The second-order valence-electron chi connectivity index (χ2n) is 6.29. The number of nitrogens with one attached hydrogen (secondary N) is 1. The lowest BCUT2D eigenvalue weighted by atomic mass is 10.0. The molecular formula is C20H24ClFN2O. The first-order chi connectivity index (χ1) is 11.6. The highest BCUT2D eigenvalue weighted by Crippen LogP contribution is 2.24. The zero-order chi connectivity index (χ0) is 16.9. The van der Waals surface area contributed by atoms with Gasteiger partial charge in [0.15, 0.2) is 0 Å². The Morgan fingerprint density at radius 1 is 1.24 bits per heavy atom. The molecule has 1 atom stereocenters. The first-order valence-corrected chi connectivity index (χ1v) is 8.45. The van der Waals surface area contributed by atoms with E-state index in [1.54, 1.807) is 6.07 Å². The van der Waals surface area contributed by atoms with E-state index in [9.17, 15) is 9.18 Å². The molecule has 2 aromatic carbocycles. The van der Waals surface area contributed by atoms with E-state index in [2.05, 4.69) is 24.4 Å². The summed E-state index contributed by atoms with van der Waals surface area (Å²) in [6.45, 7) is 4.18. The molecule has 2 aromatic rings. The van der Waals surface area contributed by atoms with Gasteiger partial charge in [-0.05, 0) is 42.2 Å². The summed E-state index contributed by atoms with van der Waals surface area (Å²) in [5.41, 5.74) is 3.28. The van der Waals surface area contributed by atoms with Crippen LogP contribution in [0.2, 0.25) is 0 Å².